The van der Waals surface area contributed by atoms with Gasteiger partial charge < -0.3 is 10.1 Å². The average molecular weight is 262 g/mol. The molecule has 1 N–H and O–H groups in total. The summed E-state index contributed by atoms with van der Waals surface area (Å²) >= 11 is 1.67. The van der Waals surface area contributed by atoms with Gasteiger partial charge in [0.15, 0.2) is 0 Å². The average Bonchev–Trinajstić information content (AvgIpc) is 2.91. The molecule has 3 nitrogen and oxygen atoms in total. The third-order valence-corrected chi connectivity index (χ3v) is 3.93. The van der Waals surface area contributed by atoms with Gasteiger partial charge in [-0.2, -0.15) is 0 Å². The van der Waals surface area contributed by atoms with Crippen LogP contribution in [0, 0.1) is 0 Å². The van der Waals surface area contributed by atoms with Crippen molar-refractivity contribution in [2.24, 2.45) is 0 Å². The predicted octanol–water partition coefficient (Wildman–Crippen LogP) is 3.18. The first kappa shape index (κ1) is 13.1. The predicted molar refractivity (Wildman–Crippen MR) is 75.0 cm³/mol. The first-order chi connectivity index (χ1) is 8.62. The fourth-order valence-electron chi connectivity index (χ4n) is 1.71. The van der Waals surface area contributed by atoms with E-state index in [1.54, 1.807) is 18.4 Å². The van der Waals surface area contributed by atoms with E-state index in [-0.39, 0.29) is 5.54 Å². The monoisotopic (exact) mass is 262 g/mol. The highest BCUT2D eigenvalue weighted by Crippen LogP contribution is 2.23. The van der Waals surface area contributed by atoms with E-state index < -0.39 is 0 Å². The Balaban J connectivity index is 2.02. The molecule has 1 aromatic carbocycles. The summed E-state index contributed by atoms with van der Waals surface area (Å²) in [4.78, 5) is 4.37. The summed E-state index contributed by atoms with van der Waals surface area (Å²) in [5, 5.41) is 6.63. The first-order valence-electron chi connectivity index (χ1n) is 5.90. The summed E-state index contributed by atoms with van der Waals surface area (Å²) < 4.78 is 5.22. The molecule has 0 spiro atoms. The topological polar surface area (TPSA) is 34.1 Å². The minimum absolute atomic E-state index is 0.114. The maximum Gasteiger partial charge on any atom is 0.119 e. The molecule has 1 aromatic heterocycles. The van der Waals surface area contributed by atoms with Gasteiger partial charge >= 0.3 is 0 Å². The van der Waals surface area contributed by atoms with Crippen molar-refractivity contribution in [2.45, 2.75) is 25.9 Å². The summed E-state index contributed by atoms with van der Waals surface area (Å²) in [5.41, 5.74) is 1.09. The smallest absolute Gasteiger partial charge is 0.119 e. The molecule has 0 aliphatic heterocycles. The number of benzene rings is 1. The molecule has 1 heterocycles. The number of thiazole rings is 1. The zero-order chi connectivity index (χ0) is 13.0. The van der Waals surface area contributed by atoms with Gasteiger partial charge in [0.05, 0.1) is 12.6 Å². The van der Waals surface area contributed by atoms with Crippen molar-refractivity contribution in [2.75, 3.05) is 7.11 Å². The van der Waals surface area contributed by atoms with Crippen LogP contribution in [-0.2, 0) is 12.1 Å². The molecule has 0 aliphatic rings. The summed E-state index contributed by atoms with van der Waals surface area (Å²) in [7, 11) is 1.69. The van der Waals surface area contributed by atoms with Gasteiger partial charge in [-0.25, -0.2) is 4.98 Å². The van der Waals surface area contributed by atoms with E-state index in [1.807, 2.05) is 29.8 Å². The van der Waals surface area contributed by atoms with Gasteiger partial charge in [-0.15, -0.1) is 11.3 Å². The summed E-state index contributed by atoms with van der Waals surface area (Å²) in [6.07, 6.45) is 1.84. The number of methoxy groups -OCH3 is 1. The lowest BCUT2D eigenvalue weighted by atomic mass is 10.1. The Hall–Kier alpha value is -1.39. The van der Waals surface area contributed by atoms with Crippen LogP contribution in [0.1, 0.15) is 24.4 Å². The second kappa shape index (κ2) is 5.50. The molecule has 0 amide bonds. The van der Waals surface area contributed by atoms with Crippen molar-refractivity contribution in [3.8, 4) is 5.75 Å². The van der Waals surface area contributed by atoms with Crippen LogP contribution in [-0.4, -0.2) is 12.1 Å². The van der Waals surface area contributed by atoms with E-state index in [1.165, 1.54) is 5.56 Å². The first-order valence-corrected chi connectivity index (χ1v) is 6.78. The molecule has 96 valence electrons. The summed E-state index contributed by atoms with van der Waals surface area (Å²) in [6, 6.07) is 8.10. The number of hydrogen-bond acceptors (Lipinski definition) is 4. The lowest BCUT2D eigenvalue weighted by Gasteiger charge is -2.24. The molecular formula is C14H18N2OS. The Bertz CT molecular complexity index is 494. The quantitative estimate of drug-likeness (QED) is 0.898. The Labute approximate surface area is 112 Å². The summed E-state index contributed by atoms with van der Waals surface area (Å²) in [6.45, 7) is 5.09. The van der Waals surface area contributed by atoms with Crippen molar-refractivity contribution < 1.29 is 4.74 Å². The number of nitrogens with one attached hydrogen (secondary N) is 1. The Kier molecular flexibility index (Phi) is 3.99. The molecule has 0 atom stereocenters. The van der Waals surface area contributed by atoms with E-state index in [4.69, 9.17) is 4.74 Å². The highest BCUT2D eigenvalue weighted by Gasteiger charge is 2.22. The zero-order valence-electron chi connectivity index (χ0n) is 10.9. The van der Waals surface area contributed by atoms with E-state index in [0.717, 1.165) is 17.3 Å². The van der Waals surface area contributed by atoms with Gasteiger partial charge in [0.1, 0.15) is 10.8 Å². The van der Waals surface area contributed by atoms with Crippen LogP contribution in [0.15, 0.2) is 35.8 Å². The maximum absolute atomic E-state index is 5.22. The molecule has 18 heavy (non-hydrogen) atoms. The Morgan fingerprint density at radius 1 is 1.39 bits per heavy atom. The fourth-order valence-corrected chi connectivity index (χ4v) is 2.45. The maximum atomic E-state index is 5.22. The fraction of sp³-hybridized carbons (Fsp3) is 0.357. The standard InChI is InChI=1S/C14H18N2OS/c1-14(2,13-15-7-8-18-13)16-10-11-5-4-6-12(9-11)17-3/h4-9,16H,10H2,1-3H3. The SMILES string of the molecule is COc1cccc(CNC(C)(C)c2nccs2)c1. The molecule has 4 heteroatoms. The highest BCUT2D eigenvalue weighted by atomic mass is 32.1. The van der Waals surface area contributed by atoms with Gasteiger partial charge in [-0.05, 0) is 31.5 Å². The molecule has 0 saturated heterocycles. The van der Waals surface area contributed by atoms with Crippen LogP contribution in [0.4, 0.5) is 0 Å². The van der Waals surface area contributed by atoms with Gasteiger partial charge in [0.25, 0.3) is 0 Å². The Morgan fingerprint density at radius 3 is 2.89 bits per heavy atom. The molecule has 0 unspecified atom stereocenters. The van der Waals surface area contributed by atoms with Crippen LogP contribution in [0.3, 0.4) is 0 Å². The van der Waals surface area contributed by atoms with Crippen molar-refractivity contribution in [1.82, 2.24) is 10.3 Å². The van der Waals surface area contributed by atoms with E-state index in [9.17, 15) is 0 Å². The number of ether oxygens (including phenoxy) is 1. The van der Waals surface area contributed by atoms with Crippen LogP contribution < -0.4 is 10.1 Å². The Morgan fingerprint density at radius 2 is 2.22 bits per heavy atom. The molecule has 0 saturated carbocycles. The zero-order valence-corrected chi connectivity index (χ0v) is 11.8. The number of rotatable bonds is 5. The minimum atomic E-state index is -0.114. The third-order valence-electron chi connectivity index (χ3n) is 2.84. The van der Waals surface area contributed by atoms with Crippen molar-refractivity contribution in [3.05, 3.63) is 46.4 Å². The number of hydrogen-bond donors (Lipinski definition) is 1. The van der Waals surface area contributed by atoms with Crippen LogP contribution >= 0.6 is 11.3 Å². The molecule has 0 aliphatic carbocycles. The lowest BCUT2D eigenvalue weighted by Crippen LogP contribution is -2.35. The minimum Gasteiger partial charge on any atom is -0.497 e. The molecular weight excluding hydrogens is 244 g/mol. The molecule has 2 aromatic rings. The van der Waals surface area contributed by atoms with Crippen LogP contribution in [0.2, 0.25) is 0 Å². The van der Waals surface area contributed by atoms with Crippen molar-refractivity contribution in [3.63, 3.8) is 0 Å². The summed E-state index contributed by atoms with van der Waals surface area (Å²) in [5.74, 6) is 0.890. The van der Waals surface area contributed by atoms with Crippen molar-refractivity contribution >= 4 is 11.3 Å². The number of nitrogens with zero attached hydrogens (tertiary/aromatic N) is 1. The second-order valence-corrected chi connectivity index (χ2v) is 5.56. The van der Waals surface area contributed by atoms with Gasteiger partial charge in [-0.3, -0.25) is 0 Å². The van der Waals surface area contributed by atoms with Gasteiger partial charge in [-0.1, -0.05) is 12.1 Å². The van der Waals surface area contributed by atoms with E-state index >= 15 is 0 Å². The number of aromatic nitrogens is 1. The van der Waals surface area contributed by atoms with Crippen molar-refractivity contribution in [1.29, 1.82) is 0 Å². The van der Waals surface area contributed by atoms with E-state index in [0.29, 0.717) is 0 Å². The molecule has 0 bridgehead atoms. The molecule has 2 rings (SSSR count). The second-order valence-electron chi connectivity index (χ2n) is 4.67. The highest BCUT2D eigenvalue weighted by molar-refractivity contribution is 7.09. The molecule has 0 radical (unpaired) electrons. The third kappa shape index (κ3) is 3.09. The lowest BCUT2D eigenvalue weighted by molar-refractivity contribution is 0.396. The van der Waals surface area contributed by atoms with Crippen LogP contribution in [0.5, 0.6) is 5.75 Å². The van der Waals surface area contributed by atoms with Crippen LogP contribution in [0.25, 0.3) is 0 Å². The van der Waals surface area contributed by atoms with Gasteiger partial charge in [0.2, 0.25) is 0 Å². The molecule has 0 fully saturated rings. The van der Waals surface area contributed by atoms with Gasteiger partial charge in [0, 0.05) is 18.1 Å². The normalized spacial score (nSPS) is 11.5. The van der Waals surface area contributed by atoms with E-state index in [2.05, 4.69) is 30.2 Å². The largest absolute Gasteiger partial charge is 0.497 e.